The Kier molecular flexibility index (Phi) is 6.10. The normalized spacial score (nSPS) is 19.0. The Morgan fingerprint density at radius 2 is 2.17 bits per heavy atom. The molecule has 0 saturated carbocycles. The van der Waals surface area contributed by atoms with Gasteiger partial charge in [-0.05, 0) is 31.5 Å². The van der Waals surface area contributed by atoms with E-state index in [-0.39, 0.29) is 25.2 Å². The monoisotopic (exact) mass is 321 g/mol. The van der Waals surface area contributed by atoms with E-state index in [0.717, 1.165) is 25.1 Å². The van der Waals surface area contributed by atoms with Gasteiger partial charge in [-0.3, -0.25) is 14.7 Å². The highest BCUT2D eigenvalue weighted by atomic mass is 16.3. The van der Waals surface area contributed by atoms with Crippen LogP contribution in [0.3, 0.4) is 0 Å². The number of hydrogen-bond acceptors (Lipinski definition) is 5. The fourth-order valence-electron chi connectivity index (χ4n) is 3.05. The largest absolute Gasteiger partial charge is 0.396 e. The first kappa shape index (κ1) is 17.8. The molecule has 2 rings (SSSR count). The van der Waals surface area contributed by atoms with Crippen LogP contribution in [0.4, 0.5) is 0 Å². The topological polar surface area (TPSA) is 76.9 Å². The second kappa shape index (κ2) is 7.86. The lowest BCUT2D eigenvalue weighted by atomic mass is 9.92. The van der Waals surface area contributed by atoms with Crippen molar-refractivity contribution < 1.29 is 15.0 Å². The van der Waals surface area contributed by atoms with Gasteiger partial charge in [-0.1, -0.05) is 13.0 Å². The molecule has 1 amide bonds. The summed E-state index contributed by atoms with van der Waals surface area (Å²) in [6, 6.07) is 5.66. The SMILES string of the molecule is CN(CC(C)(CO)CO)C(=O)C1CCCN1Cc1ccccn1. The first-order chi connectivity index (χ1) is 11.0. The maximum absolute atomic E-state index is 12.8. The molecule has 1 aromatic rings. The van der Waals surface area contributed by atoms with E-state index < -0.39 is 5.41 Å². The average molecular weight is 321 g/mol. The van der Waals surface area contributed by atoms with Crippen molar-refractivity contribution in [2.24, 2.45) is 5.41 Å². The van der Waals surface area contributed by atoms with E-state index in [1.165, 1.54) is 0 Å². The number of amides is 1. The molecule has 1 aliphatic heterocycles. The molecule has 0 aliphatic carbocycles. The number of likely N-dealkylation sites (N-methyl/N-ethyl adjacent to an activating group) is 1. The van der Waals surface area contributed by atoms with Crippen molar-refractivity contribution in [3.05, 3.63) is 30.1 Å². The highest BCUT2D eigenvalue weighted by Crippen LogP contribution is 2.23. The summed E-state index contributed by atoms with van der Waals surface area (Å²) in [7, 11) is 1.74. The van der Waals surface area contributed by atoms with Gasteiger partial charge in [0.15, 0.2) is 0 Å². The molecule has 1 aromatic heterocycles. The Bertz CT molecular complexity index is 505. The number of likely N-dealkylation sites (tertiary alicyclic amines) is 1. The van der Waals surface area contributed by atoms with Crippen LogP contribution in [0, 0.1) is 5.41 Å². The minimum absolute atomic E-state index is 0.0477. The van der Waals surface area contributed by atoms with E-state index in [9.17, 15) is 15.0 Å². The summed E-state index contributed by atoms with van der Waals surface area (Å²) in [6.45, 7) is 3.37. The molecule has 1 saturated heterocycles. The van der Waals surface area contributed by atoms with E-state index in [2.05, 4.69) is 9.88 Å². The van der Waals surface area contributed by atoms with Gasteiger partial charge in [-0.2, -0.15) is 0 Å². The first-order valence-corrected chi connectivity index (χ1v) is 8.10. The number of hydrogen-bond donors (Lipinski definition) is 2. The Morgan fingerprint density at radius 1 is 1.43 bits per heavy atom. The molecular weight excluding hydrogens is 294 g/mol. The van der Waals surface area contributed by atoms with Crippen molar-refractivity contribution in [2.45, 2.75) is 32.4 Å². The van der Waals surface area contributed by atoms with Crippen molar-refractivity contribution in [3.8, 4) is 0 Å². The average Bonchev–Trinajstić information content (AvgIpc) is 3.02. The van der Waals surface area contributed by atoms with E-state index in [1.807, 2.05) is 18.2 Å². The number of aromatic nitrogens is 1. The Labute approximate surface area is 137 Å². The summed E-state index contributed by atoms with van der Waals surface area (Å²) >= 11 is 0. The van der Waals surface area contributed by atoms with Crippen molar-refractivity contribution in [1.82, 2.24) is 14.8 Å². The molecule has 1 aliphatic rings. The summed E-state index contributed by atoms with van der Waals surface area (Å²) in [5.74, 6) is 0.0477. The van der Waals surface area contributed by atoms with Crippen LogP contribution in [-0.4, -0.2) is 70.3 Å². The van der Waals surface area contributed by atoms with E-state index >= 15 is 0 Å². The quantitative estimate of drug-likeness (QED) is 0.764. The third kappa shape index (κ3) is 4.50. The number of nitrogens with zero attached hydrogens (tertiary/aromatic N) is 3. The van der Waals surface area contributed by atoms with Gasteiger partial charge in [-0.25, -0.2) is 0 Å². The van der Waals surface area contributed by atoms with Crippen LogP contribution in [0.1, 0.15) is 25.5 Å². The molecule has 2 heterocycles. The molecule has 6 heteroatoms. The number of carbonyl (C=O) groups is 1. The maximum Gasteiger partial charge on any atom is 0.239 e. The molecule has 23 heavy (non-hydrogen) atoms. The number of rotatable bonds is 7. The lowest BCUT2D eigenvalue weighted by Crippen LogP contribution is -2.48. The van der Waals surface area contributed by atoms with Gasteiger partial charge < -0.3 is 15.1 Å². The molecule has 0 bridgehead atoms. The smallest absolute Gasteiger partial charge is 0.239 e. The predicted molar refractivity (Wildman–Crippen MR) is 87.6 cm³/mol. The van der Waals surface area contributed by atoms with Crippen molar-refractivity contribution in [1.29, 1.82) is 0 Å². The highest BCUT2D eigenvalue weighted by molar-refractivity contribution is 5.82. The maximum atomic E-state index is 12.8. The van der Waals surface area contributed by atoms with E-state index in [4.69, 9.17) is 0 Å². The zero-order chi connectivity index (χ0) is 16.9. The van der Waals surface area contributed by atoms with E-state index in [1.54, 1.807) is 25.1 Å². The molecule has 0 radical (unpaired) electrons. The molecule has 128 valence electrons. The second-order valence-corrected chi connectivity index (χ2v) is 6.77. The Morgan fingerprint density at radius 3 is 2.78 bits per heavy atom. The van der Waals surface area contributed by atoms with Gasteiger partial charge in [0.05, 0.1) is 24.9 Å². The standard InChI is InChI=1S/C17H27N3O3/c1-17(12-21,13-22)11-19(2)16(23)15-7-5-9-20(15)10-14-6-3-4-8-18-14/h3-4,6,8,15,21-22H,5,7,9-13H2,1-2H3. The zero-order valence-corrected chi connectivity index (χ0v) is 14.0. The third-order valence-electron chi connectivity index (χ3n) is 4.50. The highest BCUT2D eigenvalue weighted by Gasteiger charge is 2.35. The molecular formula is C17H27N3O3. The zero-order valence-electron chi connectivity index (χ0n) is 14.0. The van der Waals surface area contributed by atoms with Gasteiger partial charge in [0.2, 0.25) is 5.91 Å². The van der Waals surface area contributed by atoms with Crippen LogP contribution in [-0.2, 0) is 11.3 Å². The van der Waals surface area contributed by atoms with Crippen LogP contribution in [0.25, 0.3) is 0 Å². The molecule has 0 aromatic carbocycles. The summed E-state index contributed by atoms with van der Waals surface area (Å²) < 4.78 is 0. The molecule has 1 unspecified atom stereocenters. The number of aliphatic hydroxyl groups excluding tert-OH is 2. The summed E-state index contributed by atoms with van der Waals surface area (Å²) in [4.78, 5) is 20.9. The van der Waals surface area contributed by atoms with Crippen molar-refractivity contribution >= 4 is 5.91 Å². The third-order valence-corrected chi connectivity index (χ3v) is 4.50. The number of carbonyl (C=O) groups excluding carboxylic acids is 1. The molecule has 6 nitrogen and oxygen atoms in total. The predicted octanol–water partition coefficient (Wildman–Crippen LogP) is 0.495. The number of aliphatic hydroxyl groups is 2. The fraction of sp³-hybridized carbons (Fsp3) is 0.647. The minimum atomic E-state index is -0.672. The molecule has 0 spiro atoms. The summed E-state index contributed by atoms with van der Waals surface area (Å²) in [5, 5.41) is 18.8. The van der Waals surface area contributed by atoms with Crippen LogP contribution in [0.5, 0.6) is 0 Å². The lowest BCUT2D eigenvalue weighted by Gasteiger charge is -2.33. The van der Waals surface area contributed by atoms with Crippen LogP contribution in [0.15, 0.2) is 24.4 Å². The minimum Gasteiger partial charge on any atom is -0.396 e. The van der Waals surface area contributed by atoms with Gasteiger partial charge in [0.1, 0.15) is 0 Å². The molecule has 1 fully saturated rings. The summed E-state index contributed by atoms with van der Waals surface area (Å²) in [6.07, 6.45) is 3.60. The van der Waals surface area contributed by atoms with Crippen LogP contribution >= 0.6 is 0 Å². The van der Waals surface area contributed by atoms with Crippen LogP contribution in [0.2, 0.25) is 0 Å². The fourth-order valence-corrected chi connectivity index (χ4v) is 3.05. The van der Waals surface area contributed by atoms with Crippen molar-refractivity contribution in [2.75, 3.05) is 33.4 Å². The number of pyridine rings is 1. The van der Waals surface area contributed by atoms with Crippen LogP contribution < -0.4 is 0 Å². The summed E-state index contributed by atoms with van der Waals surface area (Å²) in [5.41, 5.74) is 0.292. The lowest BCUT2D eigenvalue weighted by molar-refractivity contribution is -0.137. The Hall–Kier alpha value is -1.50. The first-order valence-electron chi connectivity index (χ1n) is 8.10. The van der Waals surface area contributed by atoms with E-state index in [0.29, 0.717) is 13.1 Å². The van der Waals surface area contributed by atoms with Gasteiger partial charge >= 0.3 is 0 Å². The van der Waals surface area contributed by atoms with Gasteiger partial charge in [-0.15, -0.1) is 0 Å². The molecule has 2 N–H and O–H groups in total. The Balaban J connectivity index is 1.99. The van der Waals surface area contributed by atoms with Gasteiger partial charge in [0.25, 0.3) is 0 Å². The molecule has 1 atom stereocenters. The second-order valence-electron chi connectivity index (χ2n) is 6.77. The van der Waals surface area contributed by atoms with Gasteiger partial charge in [0, 0.05) is 31.7 Å². The van der Waals surface area contributed by atoms with Crippen molar-refractivity contribution in [3.63, 3.8) is 0 Å².